The molecule has 0 spiro atoms. The van der Waals surface area contributed by atoms with Gasteiger partial charge in [-0.3, -0.25) is 14.9 Å². The number of nitrogens with zero attached hydrogens (tertiary/aromatic N) is 2. The van der Waals surface area contributed by atoms with Crippen LogP contribution in [0.4, 0.5) is 5.69 Å². The lowest BCUT2D eigenvalue weighted by Gasteiger charge is -1.99. The van der Waals surface area contributed by atoms with Crippen LogP contribution in [0.3, 0.4) is 0 Å². The summed E-state index contributed by atoms with van der Waals surface area (Å²) < 4.78 is 0.480. The summed E-state index contributed by atoms with van der Waals surface area (Å²) in [6, 6.07) is 1.29. The Kier molecular flexibility index (Phi) is 4.04. The molecular weight excluding hydrogens is 288 g/mol. The van der Waals surface area contributed by atoms with E-state index in [0.717, 1.165) is 11.8 Å². The van der Waals surface area contributed by atoms with Crippen molar-refractivity contribution in [3.63, 3.8) is 0 Å². The van der Waals surface area contributed by atoms with Gasteiger partial charge >= 0.3 is 11.7 Å². The molecule has 1 aromatic rings. The molecule has 0 bridgehead atoms. The zero-order valence-corrected chi connectivity index (χ0v) is 9.62. The first kappa shape index (κ1) is 11.9. The molecule has 0 atom stereocenters. The Morgan fingerprint density at radius 1 is 1.73 bits per heavy atom. The topological polar surface area (TPSA) is 93.3 Å². The number of halogens is 1. The van der Waals surface area contributed by atoms with Crippen LogP contribution in [-0.2, 0) is 4.79 Å². The summed E-state index contributed by atoms with van der Waals surface area (Å²) in [7, 11) is 0. The van der Waals surface area contributed by atoms with E-state index < -0.39 is 10.9 Å². The number of carbonyl (C=O) groups is 1. The van der Waals surface area contributed by atoms with Crippen LogP contribution in [0.5, 0.6) is 0 Å². The van der Waals surface area contributed by atoms with Gasteiger partial charge in [0, 0.05) is 16.7 Å². The molecule has 6 nitrogen and oxygen atoms in total. The molecule has 1 aromatic heterocycles. The molecule has 0 amide bonds. The van der Waals surface area contributed by atoms with Crippen molar-refractivity contribution >= 4 is 39.3 Å². The van der Waals surface area contributed by atoms with E-state index in [9.17, 15) is 14.9 Å². The standard InChI is InChI=1S/C7H5BrN2O4S/c8-4-1-5(10(13)14)7(9-2-4)15-3-6(11)12/h1-2H,3H2,(H,11,12). The lowest BCUT2D eigenvalue weighted by atomic mass is 10.4. The SMILES string of the molecule is O=C(O)CSc1ncc(Br)cc1[N+](=O)[O-]. The number of hydrogen-bond donors (Lipinski definition) is 1. The van der Waals surface area contributed by atoms with Crippen LogP contribution in [0.25, 0.3) is 0 Å². The summed E-state index contributed by atoms with van der Waals surface area (Å²) in [5.74, 6) is -1.30. The summed E-state index contributed by atoms with van der Waals surface area (Å²) in [4.78, 5) is 24.1. The number of nitro groups is 1. The average Bonchev–Trinajstić information content (AvgIpc) is 2.15. The van der Waals surface area contributed by atoms with Crippen molar-refractivity contribution in [1.82, 2.24) is 4.98 Å². The summed E-state index contributed by atoms with van der Waals surface area (Å²) in [5.41, 5.74) is -0.198. The number of carboxylic acids is 1. The molecule has 0 radical (unpaired) electrons. The maximum atomic E-state index is 10.6. The molecule has 1 N–H and O–H groups in total. The second-order valence-corrected chi connectivity index (χ2v) is 4.30. The maximum Gasteiger partial charge on any atom is 0.313 e. The molecule has 0 aliphatic rings. The molecule has 80 valence electrons. The fourth-order valence-corrected chi connectivity index (χ4v) is 1.78. The Bertz CT molecular complexity index is 412. The molecule has 0 unspecified atom stereocenters. The van der Waals surface area contributed by atoms with Crippen molar-refractivity contribution in [2.75, 3.05) is 5.75 Å². The van der Waals surface area contributed by atoms with E-state index >= 15 is 0 Å². The Morgan fingerprint density at radius 2 is 2.40 bits per heavy atom. The van der Waals surface area contributed by atoms with E-state index in [4.69, 9.17) is 5.11 Å². The second kappa shape index (κ2) is 5.08. The molecule has 0 aromatic carbocycles. The molecule has 8 heteroatoms. The third kappa shape index (κ3) is 3.48. The van der Waals surface area contributed by atoms with Crippen molar-refractivity contribution in [3.8, 4) is 0 Å². The van der Waals surface area contributed by atoms with Gasteiger partial charge in [-0.15, -0.1) is 0 Å². The summed E-state index contributed by atoms with van der Waals surface area (Å²) in [6.07, 6.45) is 1.39. The molecule has 0 aliphatic heterocycles. The smallest absolute Gasteiger partial charge is 0.313 e. The summed E-state index contributed by atoms with van der Waals surface area (Å²) in [5, 5.41) is 19.1. The van der Waals surface area contributed by atoms with E-state index in [0.29, 0.717) is 4.47 Å². The van der Waals surface area contributed by atoms with Crippen molar-refractivity contribution in [2.45, 2.75) is 5.03 Å². The van der Waals surface area contributed by atoms with Gasteiger partial charge in [0.05, 0.1) is 10.7 Å². The minimum Gasteiger partial charge on any atom is -0.481 e. The monoisotopic (exact) mass is 292 g/mol. The van der Waals surface area contributed by atoms with Crippen LogP contribution in [0.15, 0.2) is 21.8 Å². The normalized spacial score (nSPS) is 9.93. The van der Waals surface area contributed by atoms with Gasteiger partial charge in [0.1, 0.15) is 0 Å². The first-order valence-electron chi connectivity index (χ1n) is 3.65. The highest BCUT2D eigenvalue weighted by atomic mass is 79.9. The number of carboxylic acid groups (broad SMARTS) is 1. The minimum absolute atomic E-state index is 0.102. The number of pyridine rings is 1. The van der Waals surface area contributed by atoms with Crippen molar-refractivity contribution in [2.24, 2.45) is 0 Å². The summed E-state index contributed by atoms with van der Waals surface area (Å²) in [6.45, 7) is 0. The average molecular weight is 293 g/mol. The highest BCUT2D eigenvalue weighted by molar-refractivity contribution is 9.10. The first-order valence-corrected chi connectivity index (χ1v) is 5.43. The number of hydrogen-bond acceptors (Lipinski definition) is 5. The van der Waals surface area contributed by atoms with Gasteiger partial charge in [0.2, 0.25) is 0 Å². The van der Waals surface area contributed by atoms with Crippen LogP contribution >= 0.6 is 27.7 Å². The van der Waals surface area contributed by atoms with Crippen LogP contribution < -0.4 is 0 Å². The van der Waals surface area contributed by atoms with Gasteiger partial charge in [-0.2, -0.15) is 0 Å². The van der Waals surface area contributed by atoms with Gasteiger partial charge in [0.15, 0.2) is 5.03 Å². The Labute approximate surface area is 97.0 Å². The molecule has 1 heterocycles. The van der Waals surface area contributed by atoms with E-state index in [2.05, 4.69) is 20.9 Å². The van der Waals surface area contributed by atoms with Gasteiger partial charge < -0.3 is 5.11 Å². The van der Waals surface area contributed by atoms with E-state index in [1.165, 1.54) is 12.3 Å². The Hall–Kier alpha value is -1.15. The maximum absolute atomic E-state index is 10.6. The highest BCUT2D eigenvalue weighted by Crippen LogP contribution is 2.28. The Balaban J connectivity index is 2.95. The zero-order chi connectivity index (χ0) is 11.4. The largest absolute Gasteiger partial charge is 0.481 e. The fraction of sp³-hybridized carbons (Fsp3) is 0.143. The van der Waals surface area contributed by atoms with Gasteiger partial charge in [0.25, 0.3) is 0 Å². The van der Waals surface area contributed by atoms with Crippen LogP contribution in [-0.4, -0.2) is 26.7 Å². The summed E-state index contributed by atoms with van der Waals surface area (Å²) >= 11 is 3.87. The van der Waals surface area contributed by atoms with E-state index in [-0.39, 0.29) is 16.5 Å². The van der Waals surface area contributed by atoms with Gasteiger partial charge in [-0.25, -0.2) is 4.98 Å². The number of aliphatic carboxylic acids is 1. The fourth-order valence-electron chi connectivity index (χ4n) is 0.788. The van der Waals surface area contributed by atoms with E-state index in [1.807, 2.05) is 0 Å². The molecule has 1 rings (SSSR count). The lowest BCUT2D eigenvalue weighted by Crippen LogP contribution is -2.00. The van der Waals surface area contributed by atoms with Crippen molar-refractivity contribution < 1.29 is 14.8 Å². The predicted octanol–water partition coefficient (Wildman–Crippen LogP) is 1.93. The van der Waals surface area contributed by atoms with Crippen LogP contribution in [0, 0.1) is 10.1 Å². The second-order valence-electron chi connectivity index (χ2n) is 2.42. The minimum atomic E-state index is -1.04. The lowest BCUT2D eigenvalue weighted by molar-refractivity contribution is -0.388. The molecule has 0 saturated carbocycles. The number of thioether (sulfide) groups is 1. The molecule has 0 fully saturated rings. The molecule has 0 saturated heterocycles. The van der Waals surface area contributed by atoms with Crippen molar-refractivity contribution in [3.05, 3.63) is 26.9 Å². The molecule has 15 heavy (non-hydrogen) atoms. The Morgan fingerprint density at radius 3 is 2.93 bits per heavy atom. The molecular formula is C7H5BrN2O4S. The molecule has 0 aliphatic carbocycles. The highest BCUT2D eigenvalue weighted by Gasteiger charge is 2.17. The van der Waals surface area contributed by atoms with E-state index in [1.54, 1.807) is 0 Å². The quantitative estimate of drug-likeness (QED) is 0.518. The van der Waals surface area contributed by atoms with Crippen LogP contribution in [0.2, 0.25) is 0 Å². The predicted molar refractivity (Wildman–Crippen MR) is 57.0 cm³/mol. The van der Waals surface area contributed by atoms with Gasteiger partial charge in [-0.05, 0) is 15.9 Å². The van der Waals surface area contributed by atoms with Crippen molar-refractivity contribution in [1.29, 1.82) is 0 Å². The number of aromatic nitrogens is 1. The zero-order valence-electron chi connectivity index (χ0n) is 7.21. The first-order chi connectivity index (χ1) is 7.00. The third-order valence-electron chi connectivity index (χ3n) is 1.33. The van der Waals surface area contributed by atoms with Crippen LogP contribution in [0.1, 0.15) is 0 Å². The third-order valence-corrected chi connectivity index (χ3v) is 2.74. The number of rotatable bonds is 4. The van der Waals surface area contributed by atoms with Gasteiger partial charge in [-0.1, -0.05) is 11.8 Å².